The highest BCUT2D eigenvalue weighted by atomic mass is 15.1. The summed E-state index contributed by atoms with van der Waals surface area (Å²) in [7, 11) is 0. The minimum atomic E-state index is 0.198. The van der Waals surface area contributed by atoms with Gasteiger partial charge in [-0.05, 0) is 49.4 Å². The lowest BCUT2D eigenvalue weighted by atomic mass is 9.93. The summed E-state index contributed by atoms with van der Waals surface area (Å²) < 4.78 is 2.20. The van der Waals surface area contributed by atoms with Crippen LogP contribution in [0.15, 0.2) is 30.6 Å². The molecule has 3 nitrogen and oxygen atoms in total. The minimum absolute atomic E-state index is 0.198. The van der Waals surface area contributed by atoms with Gasteiger partial charge in [0, 0.05) is 24.1 Å². The standard InChI is InChI=1S/C14H17N3/c1-10-4-3-8-16-14(10)17-9-7-11-12(15)5-2-6-13(11)17/h3-4,7-9,12H,2,5-6,15H2,1H3. The Labute approximate surface area is 101 Å². The molecule has 1 aliphatic rings. The molecule has 0 bridgehead atoms. The van der Waals surface area contributed by atoms with Crippen LogP contribution in [0.5, 0.6) is 0 Å². The zero-order chi connectivity index (χ0) is 11.8. The summed E-state index contributed by atoms with van der Waals surface area (Å²) in [5.74, 6) is 1.03. The molecule has 3 heteroatoms. The third-order valence-corrected chi connectivity index (χ3v) is 3.57. The number of nitrogens with two attached hydrogens (primary N) is 1. The normalized spacial score (nSPS) is 19.1. The van der Waals surface area contributed by atoms with Gasteiger partial charge in [0.1, 0.15) is 5.82 Å². The molecule has 0 aromatic carbocycles. The van der Waals surface area contributed by atoms with E-state index in [0.29, 0.717) is 0 Å². The van der Waals surface area contributed by atoms with E-state index < -0.39 is 0 Å². The lowest BCUT2D eigenvalue weighted by molar-refractivity contribution is 0.559. The maximum absolute atomic E-state index is 6.14. The average Bonchev–Trinajstić information content (AvgIpc) is 2.75. The first-order chi connectivity index (χ1) is 8.27. The fraction of sp³-hybridized carbons (Fsp3) is 0.357. The maximum atomic E-state index is 6.14. The molecule has 0 saturated carbocycles. The van der Waals surface area contributed by atoms with E-state index in [1.54, 1.807) is 0 Å². The molecule has 2 aromatic heterocycles. The van der Waals surface area contributed by atoms with Crippen molar-refractivity contribution >= 4 is 0 Å². The molecule has 2 N–H and O–H groups in total. The van der Waals surface area contributed by atoms with Crippen LogP contribution in [-0.2, 0) is 6.42 Å². The molecule has 1 aliphatic carbocycles. The molecule has 3 rings (SSSR count). The highest BCUT2D eigenvalue weighted by molar-refractivity contribution is 5.40. The van der Waals surface area contributed by atoms with Gasteiger partial charge in [0.15, 0.2) is 0 Å². The minimum Gasteiger partial charge on any atom is -0.324 e. The van der Waals surface area contributed by atoms with Crippen molar-refractivity contribution in [3.63, 3.8) is 0 Å². The van der Waals surface area contributed by atoms with Gasteiger partial charge in [0.05, 0.1) is 0 Å². The molecule has 0 saturated heterocycles. The molecule has 2 aromatic rings. The fourth-order valence-electron chi connectivity index (χ4n) is 2.66. The van der Waals surface area contributed by atoms with Crippen LogP contribution in [0.3, 0.4) is 0 Å². The van der Waals surface area contributed by atoms with Gasteiger partial charge in [-0.1, -0.05) is 6.07 Å². The Kier molecular flexibility index (Phi) is 2.48. The number of hydrogen-bond acceptors (Lipinski definition) is 2. The van der Waals surface area contributed by atoms with Crippen molar-refractivity contribution in [2.45, 2.75) is 32.2 Å². The Morgan fingerprint density at radius 3 is 3.12 bits per heavy atom. The third kappa shape index (κ3) is 1.67. The highest BCUT2D eigenvalue weighted by Gasteiger charge is 2.21. The fourth-order valence-corrected chi connectivity index (χ4v) is 2.66. The van der Waals surface area contributed by atoms with E-state index in [1.165, 1.54) is 23.2 Å². The zero-order valence-electron chi connectivity index (χ0n) is 10.1. The summed E-state index contributed by atoms with van der Waals surface area (Å²) in [6.07, 6.45) is 7.32. The lowest BCUT2D eigenvalue weighted by Gasteiger charge is -2.21. The molecule has 0 spiro atoms. The number of pyridine rings is 1. The zero-order valence-corrected chi connectivity index (χ0v) is 10.1. The SMILES string of the molecule is Cc1cccnc1-n1ccc2c1CCCC2N. The highest BCUT2D eigenvalue weighted by Crippen LogP contribution is 2.30. The van der Waals surface area contributed by atoms with Crippen molar-refractivity contribution in [3.05, 3.63) is 47.4 Å². The number of aromatic nitrogens is 2. The first-order valence-electron chi connectivity index (χ1n) is 6.15. The van der Waals surface area contributed by atoms with Gasteiger partial charge < -0.3 is 10.3 Å². The molecule has 1 unspecified atom stereocenters. The second-order valence-corrected chi connectivity index (χ2v) is 4.73. The molecule has 0 fully saturated rings. The number of fused-ring (bicyclic) bond motifs is 1. The molecule has 0 aliphatic heterocycles. The molecule has 88 valence electrons. The van der Waals surface area contributed by atoms with Crippen LogP contribution in [0, 0.1) is 6.92 Å². The largest absolute Gasteiger partial charge is 0.324 e. The van der Waals surface area contributed by atoms with Gasteiger partial charge in [-0.25, -0.2) is 4.98 Å². The molecular formula is C14H17N3. The Hall–Kier alpha value is -1.61. The van der Waals surface area contributed by atoms with Crippen molar-refractivity contribution in [2.75, 3.05) is 0 Å². The summed E-state index contributed by atoms with van der Waals surface area (Å²) in [5, 5.41) is 0. The second-order valence-electron chi connectivity index (χ2n) is 4.73. The van der Waals surface area contributed by atoms with E-state index in [0.717, 1.165) is 18.7 Å². The topological polar surface area (TPSA) is 43.8 Å². The van der Waals surface area contributed by atoms with Crippen molar-refractivity contribution in [2.24, 2.45) is 5.73 Å². The molecule has 0 radical (unpaired) electrons. The molecule has 2 heterocycles. The van der Waals surface area contributed by atoms with Crippen molar-refractivity contribution in [1.82, 2.24) is 9.55 Å². The molecular weight excluding hydrogens is 210 g/mol. The van der Waals surface area contributed by atoms with E-state index in [4.69, 9.17) is 5.73 Å². The quantitative estimate of drug-likeness (QED) is 0.813. The third-order valence-electron chi connectivity index (χ3n) is 3.57. The van der Waals surface area contributed by atoms with Gasteiger partial charge >= 0.3 is 0 Å². The van der Waals surface area contributed by atoms with Crippen LogP contribution in [0.2, 0.25) is 0 Å². The van der Waals surface area contributed by atoms with Gasteiger partial charge in [-0.3, -0.25) is 0 Å². The predicted molar refractivity (Wildman–Crippen MR) is 68.2 cm³/mol. The summed E-state index contributed by atoms with van der Waals surface area (Å²) in [5.41, 5.74) is 9.97. The summed E-state index contributed by atoms with van der Waals surface area (Å²) in [4.78, 5) is 4.48. The summed E-state index contributed by atoms with van der Waals surface area (Å²) >= 11 is 0. The van der Waals surface area contributed by atoms with Crippen LogP contribution in [-0.4, -0.2) is 9.55 Å². The van der Waals surface area contributed by atoms with Crippen LogP contribution in [0.4, 0.5) is 0 Å². The molecule has 1 atom stereocenters. The monoisotopic (exact) mass is 227 g/mol. The first kappa shape index (κ1) is 10.5. The number of aryl methyl sites for hydroxylation is 1. The van der Waals surface area contributed by atoms with Crippen LogP contribution in [0.25, 0.3) is 5.82 Å². The van der Waals surface area contributed by atoms with E-state index >= 15 is 0 Å². The van der Waals surface area contributed by atoms with E-state index in [2.05, 4.69) is 34.8 Å². The Balaban J connectivity index is 2.14. The van der Waals surface area contributed by atoms with E-state index in [-0.39, 0.29) is 6.04 Å². The van der Waals surface area contributed by atoms with E-state index in [9.17, 15) is 0 Å². The first-order valence-corrected chi connectivity index (χ1v) is 6.15. The van der Waals surface area contributed by atoms with Crippen LogP contribution < -0.4 is 5.73 Å². The van der Waals surface area contributed by atoms with Gasteiger partial charge in [0.2, 0.25) is 0 Å². The van der Waals surface area contributed by atoms with Crippen molar-refractivity contribution < 1.29 is 0 Å². The van der Waals surface area contributed by atoms with Gasteiger partial charge in [0.25, 0.3) is 0 Å². The number of rotatable bonds is 1. The van der Waals surface area contributed by atoms with E-state index in [1.807, 2.05) is 12.3 Å². The lowest BCUT2D eigenvalue weighted by Crippen LogP contribution is -2.18. The Morgan fingerprint density at radius 2 is 2.29 bits per heavy atom. The predicted octanol–water partition coefficient (Wildman–Crippen LogP) is 2.52. The summed E-state index contributed by atoms with van der Waals surface area (Å²) in [6, 6.07) is 6.41. The molecule has 17 heavy (non-hydrogen) atoms. The smallest absolute Gasteiger partial charge is 0.139 e. The average molecular weight is 227 g/mol. The van der Waals surface area contributed by atoms with Gasteiger partial charge in [-0.2, -0.15) is 0 Å². The maximum Gasteiger partial charge on any atom is 0.139 e. The summed E-state index contributed by atoms with van der Waals surface area (Å²) in [6.45, 7) is 2.09. The molecule has 0 amide bonds. The number of hydrogen-bond donors (Lipinski definition) is 1. The number of nitrogens with zero attached hydrogens (tertiary/aromatic N) is 2. The van der Waals surface area contributed by atoms with Crippen molar-refractivity contribution in [3.8, 4) is 5.82 Å². The van der Waals surface area contributed by atoms with Crippen molar-refractivity contribution in [1.29, 1.82) is 0 Å². The Bertz CT molecular complexity index is 542. The van der Waals surface area contributed by atoms with Gasteiger partial charge in [-0.15, -0.1) is 0 Å². The Morgan fingerprint density at radius 1 is 1.41 bits per heavy atom. The van der Waals surface area contributed by atoms with Crippen LogP contribution >= 0.6 is 0 Å². The second kappa shape index (κ2) is 4.00. The van der Waals surface area contributed by atoms with Crippen LogP contribution in [0.1, 0.15) is 35.7 Å².